The Morgan fingerprint density at radius 3 is 3.08 bits per heavy atom. The monoisotopic (exact) mass is 353 g/mol. The third kappa shape index (κ3) is 3.84. The van der Waals surface area contributed by atoms with Crippen molar-refractivity contribution in [2.75, 3.05) is 6.61 Å². The maximum atomic E-state index is 5.95. The molecule has 5 heteroatoms. The van der Waals surface area contributed by atoms with E-state index in [0.717, 1.165) is 31.7 Å². The summed E-state index contributed by atoms with van der Waals surface area (Å²) >= 11 is 1.79. The molecule has 2 aromatic heterocycles. The third-order valence-corrected chi connectivity index (χ3v) is 5.82. The van der Waals surface area contributed by atoms with Crippen molar-refractivity contribution < 1.29 is 4.74 Å². The van der Waals surface area contributed by atoms with Crippen molar-refractivity contribution in [1.29, 1.82) is 0 Å². The second-order valence-corrected chi connectivity index (χ2v) is 7.54. The maximum absolute atomic E-state index is 5.95. The highest BCUT2D eigenvalue weighted by Crippen LogP contribution is 2.31. The second-order valence-electron chi connectivity index (χ2n) is 6.56. The Bertz CT molecular complexity index is 798. The Morgan fingerprint density at radius 2 is 2.32 bits per heavy atom. The fourth-order valence-corrected chi connectivity index (χ4v) is 4.15. The van der Waals surface area contributed by atoms with Crippen LogP contribution in [0.5, 0.6) is 0 Å². The first kappa shape index (κ1) is 16.5. The van der Waals surface area contributed by atoms with E-state index in [2.05, 4.69) is 52.9 Å². The molecule has 0 amide bonds. The first-order chi connectivity index (χ1) is 12.3. The molecule has 1 N–H and O–H groups in total. The Kier molecular flexibility index (Phi) is 4.97. The van der Waals surface area contributed by atoms with Gasteiger partial charge in [0.05, 0.1) is 12.4 Å². The van der Waals surface area contributed by atoms with Gasteiger partial charge in [-0.2, -0.15) is 0 Å². The molecule has 0 radical (unpaired) electrons. The molecule has 4 rings (SSSR count). The molecular formula is C20H23N3OS. The van der Waals surface area contributed by atoms with E-state index in [9.17, 15) is 0 Å². The Morgan fingerprint density at radius 1 is 1.36 bits per heavy atom. The minimum absolute atomic E-state index is 0.246. The van der Waals surface area contributed by atoms with Crippen LogP contribution in [0.15, 0.2) is 54.4 Å². The van der Waals surface area contributed by atoms with Crippen molar-refractivity contribution in [2.45, 2.75) is 38.5 Å². The molecule has 1 fully saturated rings. The zero-order valence-corrected chi connectivity index (χ0v) is 15.2. The molecule has 3 heterocycles. The van der Waals surface area contributed by atoms with Crippen LogP contribution < -0.4 is 5.32 Å². The molecular weight excluding hydrogens is 330 g/mol. The molecule has 1 aliphatic heterocycles. The third-order valence-electron chi connectivity index (χ3n) is 4.85. The number of imidazole rings is 1. The van der Waals surface area contributed by atoms with Crippen molar-refractivity contribution in [2.24, 2.45) is 0 Å². The summed E-state index contributed by atoms with van der Waals surface area (Å²) < 4.78 is 7.98. The fraction of sp³-hybridized carbons (Fsp3) is 0.350. The van der Waals surface area contributed by atoms with Gasteiger partial charge in [0.25, 0.3) is 0 Å². The number of ether oxygens (including phenoxy) is 1. The molecule has 130 valence electrons. The van der Waals surface area contributed by atoms with Crippen LogP contribution in [0.4, 0.5) is 0 Å². The first-order valence-electron chi connectivity index (χ1n) is 8.76. The van der Waals surface area contributed by atoms with Gasteiger partial charge >= 0.3 is 0 Å². The van der Waals surface area contributed by atoms with E-state index in [4.69, 9.17) is 4.74 Å². The predicted octanol–water partition coefficient (Wildman–Crippen LogP) is 4.25. The molecule has 1 saturated heterocycles. The topological polar surface area (TPSA) is 39.1 Å². The number of aromatic nitrogens is 2. The average Bonchev–Trinajstić information content (AvgIpc) is 3.34. The number of nitrogens with one attached hydrogen (secondary N) is 1. The summed E-state index contributed by atoms with van der Waals surface area (Å²) in [6.45, 7) is 3.91. The van der Waals surface area contributed by atoms with E-state index in [-0.39, 0.29) is 6.10 Å². The highest BCUT2D eigenvalue weighted by atomic mass is 32.1. The minimum Gasteiger partial charge on any atom is -0.373 e. The van der Waals surface area contributed by atoms with Gasteiger partial charge in [0, 0.05) is 42.2 Å². The fourth-order valence-electron chi connectivity index (χ4n) is 3.36. The smallest absolute Gasteiger partial charge is 0.0991 e. The maximum Gasteiger partial charge on any atom is 0.0991 e. The van der Waals surface area contributed by atoms with Crippen LogP contribution in [0.2, 0.25) is 0 Å². The molecule has 0 aliphatic carbocycles. The molecule has 0 bridgehead atoms. The van der Waals surface area contributed by atoms with Gasteiger partial charge in [-0.15, -0.1) is 11.3 Å². The van der Waals surface area contributed by atoms with Crippen molar-refractivity contribution >= 4 is 11.3 Å². The second kappa shape index (κ2) is 7.52. The van der Waals surface area contributed by atoms with Crippen LogP contribution in [0.1, 0.15) is 34.9 Å². The zero-order valence-electron chi connectivity index (χ0n) is 14.4. The van der Waals surface area contributed by atoms with Crippen molar-refractivity contribution in [3.63, 3.8) is 0 Å². The SMILES string of the molecule is Cc1cc(-n2ccnc2)ccc1CNC1CCOC(c2cccs2)C1. The molecule has 1 aromatic carbocycles. The highest BCUT2D eigenvalue weighted by molar-refractivity contribution is 7.10. The summed E-state index contributed by atoms with van der Waals surface area (Å²) in [6.07, 6.45) is 7.98. The van der Waals surface area contributed by atoms with Crippen molar-refractivity contribution in [3.05, 3.63) is 70.4 Å². The quantitative estimate of drug-likeness (QED) is 0.745. The van der Waals surface area contributed by atoms with Crippen LogP contribution in [0.25, 0.3) is 5.69 Å². The normalized spacial score (nSPS) is 20.7. The summed E-state index contributed by atoms with van der Waals surface area (Å²) in [5, 5.41) is 5.86. The lowest BCUT2D eigenvalue weighted by atomic mass is 10.0. The van der Waals surface area contributed by atoms with Crippen molar-refractivity contribution in [3.8, 4) is 5.69 Å². The standard InChI is InChI=1S/C20H23N3OS/c1-15-11-18(23-8-7-21-14-23)5-4-16(15)13-22-17-6-9-24-19(12-17)20-3-2-10-25-20/h2-5,7-8,10-11,14,17,19,22H,6,9,12-13H2,1H3. The number of thiophene rings is 1. The van der Waals surface area contributed by atoms with E-state index in [0.29, 0.717) is 6.04 Å². The van der Waals surface area contributed by atoms with Gasteiger partial charge in [-0.3, -0.25) is 0 Å². The molecule has 1 aliphatic rings. The number of rotatable bonds is 5. The molecule has 0 saturated carbocycles. The lowest BCUT2D eigenvalue weighted by Crippen LogP contribution is -2.35. The first-order valence-corrected chi connectivity index (χ1v) is 9.64. The van der Waals surface area contributed by atoms with E-state index in [1.165, 1.54) is 16.0 Å². The lowest BCUT2D eigenvalue weighted by molar-refractivity contribution is 0.00206. The summed E-state index contributed by atoms with van der Waals surface area (Å²) in [4.78, 5) is 5.46. The van der Waals surface area contributed by atoms with E-state index >= 15 is 0 Å². The summed E-state index contributed by atoms with van der Waals surface area (Å²) in [6, 6.07) is 11.4. The summed E-state index contributed by atoms with van der Waals surface area (Å²) in [5.41, 5.74) is 3.81. The zero-order chi connectivity index (χ0) is 17.1. The number of nitrogens with zero attached hydrogens (tertiary/aromatic N) is 2. The lowest BCUT2D eigenvalue weighted by Gasteiger charge is -2.30. The molecule has 4 nitrogen and oxygen atoms in total. The number of hydrogen-bond acceptors (Lipinski definition) is 4. The molecule has 2 atom stereocenters. The summed E-state index contributed by atoms with van der Waals surface area (Å²) in [7, 11) is 0. The number of benzene rings is 1. The Hall–Kier alpha value is -1.95. The van der Waals surface area contributed by atoms with Crippen LogP contribution >= 0.6 is 11.3 Å². The van der Waals surface area contributed by atoms with Crippen LogP contribution in [0, 0.1) is 6.92 Å². The van der Waals surface area contributed by atoms with Crippen LogP contribution in [0.3, 0.4) is 0 Å². The number of aryl methyl sites for hydroxylation is 1. The average molecular weight is 353 g/mol. The minimum atomic E-state index is 0.246. The van der Waals surface area contributed by atoms with Gasteiger partial charge in [0.15, 0.2) is 0 Å². The van der Waals surface area contributed by atoms with Gasteiger partial charge in [0.2, 0.25) is 0 Å². The predicted molar refractivity (Wildman–Crippen MR) is 101 cm³/mol. The van der Waals surface area contributed by atoms with E-state index in [1.54, 1.807) is 17.5 Å². The van der Waals surface area contributed by atoms with E-state index in [1.807, 2.05) is 17.1 Å². The number of hydrogen-bond donors (Lipinski definition) is 1. The van der Waals surface area contributed by atoms with Crippen LogP contribution in [-0.4, -0.2) is 22.2 Å². The molecule has 2 unspecified atom stereocenters. The molecule has 3 aromatic rings. The molecule has 25 heavy (non-hydrogen) atoms. The highest BCUT2D eigenvalue weighted by Gasteiger charge is 2.24. The van der Waals surface area contributed by atoms with E-state index < -0.39 is 0 Å². The van der Waals surface area contributed by atoms with Crippen LogP contribution in [-0.2, 0) is 11.3 Å². The molecule has 0 spiro atoms. The van der Waals surface area contributed by atoms with Gasteiger partial charge in [0.1, 0.15) is 0 Å². The Balaban J connectivity index is 1.38. The van der Waals surface area contributed by atoms with Gasteiger partial charge in [-0.05, 0) is 54.5 Å². The summed E-state index contributed by atoms with van der Waals surface area (Å²) in [5.74, 6) is 0. The van der Waals surface area contributed by atoms with Gasteiger partial charge in [-0.25, -0.2) is 4.98 Å². The largest absolute Gasteiger partial charge is 0.373 e. The van der Waals surface area contributed by atoms with Crippen molar-refractivity contribution in [1.82, 2.24) is 14.9 Å². The van der Waals surface area contributed by atoms with Gasteiger partial charge in [-0.1, -0.05) is 12.1 Å². The van der Waals surface area contributed by atoms with Gasteiger partial charge < -0.3 is 14.6 Å². The Labute approximate surface area is 152 Å².